The second-order valence-corrected chi connectivity index (χ2v) is 3.24. The van der Waals surface area contributed by atoms with Gasteiger partial charge in [0.1, 0.15) is 0 Å². The molecular weight excluding hydrogens is 160 g/mol. The number of aromatic nitrogens is 1. The van der Waals surface area contributed by atoms with Crippen molar-refractivity contribution in [1.82, 2.24) is 4.98 Å². The lowest BCUT2D eigenvalue weighted by molar-refractivity contribution is 0.820. The highest BCUT2D eigenvalue weighted by molar-refractivity contribution is 5.79. The van der Waals surface area contributed by atoms with Crippen LogP contribution >= 0.6 is 0 Å². The molecule has 0 saturated carbocycles. The molecule has 0 radical (unpaired) electrons. The summed E-state index contributed by atoms with van der Waals surface area (Å²) in [6, 6.07) is 10.2. The van der Waals surface area contributed by atoms with Crippen molar-refractivity contribution < 1.29 is 0 Å². The maximum Gasteiger partial charge on any atom is 0.0702 e. The smallest absolute Gasteiger partial charge is 0.0702 e. The van der Waals surface area contributed by atoms with E-state index in [1.807, 2.05) is 31.2 Å². The lowest BCUT2D eigenvalue weighted by Crippen LogP contribution is -2.04. The van der Waals surface area contributed by atoms with Crippen molar-refractivity contribution in [3.63, 3.8) is 0 Å². The average Bonchev–Trinajstić information content (AvgIpc) is 2.17. The van der Waals surface area contributed by atoms with Crippen LogP contribution < -0.4 is 5.73 Å². The Kier molecular flexibility index (Phi) is 1.99. The molecule has 0 aliphatic rings. The Labute approximate surface area is 77.4 Å². The highest BCUT2D eigenvalue weighted by atomic mass is 14.6. The van der Waals surface area contributed by atoms with Crippen LogP contribution in [0.3, 0.4) is 0 Å². The summed E-state index contributed by atoms with van der Waals surface area (Å²) in [5, 5.41) is 1.15. The number of nitrogens with two attached hydrogens (primary N) is 1. The summed E-state index contributed by atoms with van der Waals surface area (Å²) in [6.07, 6.45) is 1.80. The van der Waals surface area contributed by atoms with Gasteiger partial charge < -0.3 is 5.73 Å². The molecule has 0 aliphatic heterocycles. The van der Waals surface area contributed by atoms with Gasteiger partial charge in [-0.05, 0) is 30.7 Å². The number of hydrogen-bond donors (Lipinski definition) is 1. The predicted molar refractivity (Wildman–Crippen MR) is 54.3 cm³/mol. The fourth-order valence-electron chi connectivity index (χ4n) is 1.38. The molecule has 2 heteroatoms. The molecule has 2 aromatic rings. The number of hydrogen-bond acceptors (Lipinski definition) is 2. The quantitative estimate of drug-likeness (QED) is 0.716. The zero-order valence-electron chi connectivity index (χ0n) is 7.57. The Bertz CT molecular complexity index is 421. The normalized spacial score (nSPS) is 13.1. The maximum absolute atomic E-state index is 5.78. The van der Waals surface area contributed by atoms with E-state index in [1.54, 1.807) is 6.20 Å². The van der Waals surface area contributed by atoms with Crippen LogP contribution in [0.25, 0.3) is 10.9 Å². The van der Waals surface area contributed by atoms with Gasteiger partial charge in [0.05, 0.1) is 5.52 Å². The molecule has 2 rings (SSSR count). The van der Waals surface area contributed by atoms with E-state index >= 15 is 0 Å². The highest BCUT2D eigenvalue weighted by Gasteiger charge is 2.00. The highest BCUT2D eigenvalue weighted by Crippen LogP contribution is 2.16. The van der Waals surface area contributed by atoms with Gasteiger partial charge in [0.15, 0.2) is 0 Å². The Morgan fingerprint density at radius 3 is 2.92 bits per heavy atom. The Balaban J connectivity index is 2.62. The minimum Gasteiger partial charge on any atom is -0.324 e. The summed E-state index contributed by atoms with van der Waals surface area (Å²) in [5.74, 6) is 0. The standard InChI is InChI=1S/C11H12N2/c1-8(12)9-4-5-11-10(7-9)3-2-6-13-11/h2-8H,12H2,1H3/t8-/m1/s1. The van der Waals surface area contributed by atoms with Crippen molar-refractivity contribution in [3.8, 4) is 0 Å². The summed E-state index contributed by atoms with van der Waals surface area (Å²) >= 11 is 0. The summed E-state index contributed by atoms with van der Waals surface area (Å²) in [6.45, 7) is 1.98. The van der Waals surface area contributed by atoms with Gasteiger partial charge in [0.25, 0.3) is 0 Å². The number of nitrogens with zero attached hydrogens (tertiary/aromatic N) is 1. The monoisotopic (exact) mass is 172 g/mol. The summed E-state index contributed by atoms with van der Waals surface area (Å²) in [7, 11) is 0. The van der Waals surface area contributed by atoms with Gasteiger partial charge in [-0.2, -0.15) is 0 Å². The predicted octanol–water partition coefficient (Wildman–Crippen LogP) is 2.25. The van der Waals surface area contributed by atoms with Crippen molar-refractivity contribution in [3.05, 3.63) is 42.1 Å². The van der Waals surface area contributed by atoms with Crippen molar-refractivity contribution in [1.29, 1.82) is 0 Å². The summed E-state index contributed by atoms with van der Waals surface area (Å²) in [5.41, 5.74) is 7.96. The molecule has 0 spiro atoms. The molecule has 1 heterocycles. The summed E-state index contributed by atoms with van der Waals surface area (Å²) < 4.78 is 0. The van der Waals surface area contributed by atoms with Crippen molar-refractivity contribution in [2.24, 2.45) is 5.73 Å². The molecule has 66 valence electrons. The lowest BCUT2D eigenvalue weighted by Gasteiger charge is -2.05. The van der Waals surface area contributed by atoms with Gasteiger partial charge in [-0.15, -0.1) is 0 Å². The molecule has 0 amide bonds. The largest absolute Gasteiger partial charge is 0.324 e. The Hall–Kier alpha value is -1.41. The van der Waals surface area contributed by atoms with Crippen LogP contribution in [-0.4, -0.2) is 4.98 Å². The molecule has 0 unspecified atom stereocenters. The zero-order chi connectivity index (χ0) is 9.26. The molecule has 1 aromatic heterocycles. The number of fused-ring (bicyclic) bond motifs is 1. The van der Waals surface area contributed by atoms with E-state index < -0.39 is 0 Å². The number of pyridine rings is 1. The minimum absolute atomic E-state index is 0.0876. The van der Waals surface area contributed by atoms with Crippen LogP contribution in [0.2, 0.25) is 0 Å². The zero-order valence-corrected chi connectivity index (χ0v) is 7.57. The summed E-state index contributed by atoms with van der Waals surface area (Å²) in [4.78, 5) is 4.24. The number of rotatable bonds is 1. The first-order valence-corrected chi connectivity index (χ1v) is 4.37. The fourth-order valence-corrected chi connectivity index (χ4v) is 1.38. The minimum atomic E-state index is 0.0876. The van der Waals surface area contributed by atoms with Crippen molar-refractivity contribution in [2.75, 3.05) is 0 Å². The first-order chi connectivity index (χ1) is 6.27. The first kappa shape index (κ1) is 8.20. The Morgan fingerprint density at radius 1 is 1.31 bits per heavy atom. The third kappa shape index (κ3) is 1.53. The van der Waals surface area contributed by atoms with Crippen molar-refractivity contribution in [2.45, 2.75) is 13.0 Å². The third-order valence-corrected chi connectivity index (χ3v) is 2.15. The van der Waals surface area contributed by atoms with Crippen LogP contribution in [0, 0.1) is 0 Å². The van der Waals surface area contributed by atoms with E-state index in [4.69, 9.17) is 5.73 Å². The SMILES string of the molecule is C[C@@H](N)c1ccc2ncccc2c1. The van der Waals surface area contributed by atoms with E-state index in [1.165, 1.54) is 0 Å². The van der Waals surface area contributed by atoms with E-state index in [0.29, 0.717) is 0 Å². The second-order valence-electron chi connectivity index (χ2n) is 3.24. The molecule has 0 saturated heterocycles. The first-order valence-electron chi connectivity index (χ1n) is 4.37. The van der Waals surface area contributed by atoms with E-state index in [0.717, 1.165) is 16.5 Å². The second kappa shape index (κ2) is 3.15. The molecule has 13 heavy (non-hydrogen) atoms. The van der Waals surface area contributed by atoms with E-state index in [-0.39, 0.29) is 6.04 Å². The van der Waals surface area contributed by atoms with Crippen LogP contribution in [0.15, 0.2) is 36.5 Å². The molecule has 0 bridgehead atoms. The van der Waals surface area contributed by atoms with Crippen LogP contribution in [0.1, 0.15) is 18.5 Å². The topological polar surface area (TPSA) is 38.9 Å². The molecule has 2 nitrogen and oxygen atoms in total. The Morgan fingerprint density at radius 2 is 2.15 bits per heavy atom. The fraction of sp³-hybridized carbons (Fsp3) is 0.182. The van der Waals surface area contributed by atoms with E-state index in [2.05, 4.69) is 11.1 Å². The van der Waals surface area contributed by atoms with Crippen LogP contribution in [-0.2, 0) is 0 Å². The van der Waals surface area contributed by atoms with Crippen LogP contribution in [0.5, 0.6) is 0 Å². The van der Waals surface area contributed by atoms with Gasteiger partial charge in [-0.1, -0.05) is 12.1 Å². The van der Waals surface area contributed by atoms with Gasteiger partial charge in [-0.3, -0.25) is 4.98 Å². The molecule has 2 N–H and O–H groups in total. The third-order valence-electron chi connectivity index (χ3n) is 2.15. The molecule has 0 fully saturated rings. The average molecular weight is 172 g/mol. The van der Waals surface area contributed by atoms with Crippen LogP contribution in [0.4, 0.5) is 0 Å². The molecule has 1 aromatic carbocycles. The van der Waals surface area contributed by atoms with Gasteiger partial charge >= 0.3 is 0 Å². The van der Waals surface area contributed by atoms with Crippen molar-refractivity contribution >= 4 is 10.9 Å². The number of benzene rings is 1. The van der Waals surface area contributed by atoms with Gasteiger partial charge in [0, 0.05) is 17.6 Å². The molecule has 0 aliphatic carbocycles. The lowest BCUT2D eigenvalue weighted by atomic mass is 10.1. The molecule has 1 atom stereocenters. The molecular formula is C11H12N2. The maximum atomic E-state index is 5.78. The van der Waals surface area contributed by atoms with E-state index in [9.17, 15) is 0 Å². The van der Waals surface area contributed by atoms with Gasteiger partial charge in [-0.25, -0.2) is 0 Å². The van der Waals surface area contributed by atoms with Gasteiger partial charge in [0.2, 0.25) is 0 Å².